The highest BCUT2D eigenvalue weighted by molar-refractivity contribution is 7.92. The van der Waals surface area contributed by atoms with Crippen LogP contribution in [0.4, 0.5) is 14.5 Å². The van der Waals surface area contributed by atoms with Gasteiger partial charge in [-0.05, 0) is 42.5 Å². The Hall–Kier alpha value is -4.16. The number of sulfonamides is 1. The normalized spacial score (nSPS) is 10.9. The van der Waals surface area contributed by atoms with Gasteiger partial charge in [-0.3, -0.25) is 9.71 Å². The van der Waals surface area contributed by atoms with E-state index in [1.807, 2.05) is 0 Å². The first-order chi connectivity index (χ1) is 16.3. The molecule has 0 aliphatic rings. The Bertz CT molecular complexity index is 1560. The van der Waals surface area contributed by atoms with E-state index in [-0.39, 0.29) is 5.69 Å². The highest BCUT2D eigenvalue weighted by Gasteiger charge is 2.20. The van der Waals surface area contributed by atoms with Gasteiger partial charge in [-0.15, -0.1) is 0 Å². The average Bonchev–Trinajstić information content (AvgIpc) is 2.83. The molecule has 4 aromatic rings. The number of aromatic nitrogens is 1. The Morgan fingerprint density at radius 2 is 1.62 bits per heavy atom. The quantitative estimate of drug-likeness (QED) is 0.418. The van der Waals surface area contributed by atoms with Gasteiger partial charge in [-0.1, -0.05) is 24.0 Å². The molecule has 0 aliphatic carbocycles. The van der Waals surface area contributed by atoms with Crippen LogP contribution in [0, 0.1) is 23.5 Å². The number of rotatable bonds is 5. The van der Waals surface area contributed by atoms with Crippen molar-refractivity contribution in [1.29, 1.82) is 0 Å². The molecule has 1 N–H and O–H groups in total. The van der Waals surface area contributed by atoms with Crippen molar-refractivity contribution >= 4 is 26.6 Å². The van der Waals surface area contributed by atoms with Crippen molar-refractivity contribution in [3.8, 4) is 23.3 Å². The third-order valence-corrected chi connectivity index (χ3v) is 6.33. The number of methoxy groups -OCH3 is 2. The van der Waals surface area contributed by atoms with E-state index in [4.69, 9.17) is 9.47 Å². The van der Waals surface area contributed by atoms with Crippen molar-refractivity contribution in [3.63, 3.8) is 0 Å². The highest BCUT2D eigenvalue weighted by Crippen LogP contribution is 2.32. The molecule has 1 heterocycles. The fourth-order valence-corrected chi connectivity index (χ4v) is 4.41. The van der Waals surface area contributed by atoms with Crippen molar-refractivity contribution in [1.82, 2.24) is 4.98 Å². The lowest BCUT2D eigenvalue weighted by Crippen LogP contribution is -2.15. The maximum Gasteiger partial charge on any atom is 0.264 e. The summed E-state index contributed by atoms with van der Waals surface area (Å²) >= 11 is 0. The van der Waals surface area contributed by atoms with Gasteiger partial charge < -0.3 is 9.47 Å². The molecule has 0 spiro atoms. The van der Waals surface area contributed by atoms with Crippen LogP contribution in [0.25, 0.3) is 10.9 Å². The van der Waals surface area contributed by atoms with Gasteiger partial charge in [0.1, 0.15) is 16.5 Å². The van der Waals surface area contributed by atoms with Crippen molar-refractivity contribution in [2.75, 3.05) is 18.9 Å². The molecule has 0 aliphatic heterocycles. The maximum atomic E-state index is 14.6. The van der Waals surface area contributed by atoms with E-state index in [0.717, 1.165) is 23.6 Å². The van der Waals surface area contributed by atoms with Gasteiger partial charge in [0.2, 0.25) is 0 Å². The van der Waals surface area contributed by atoms with Crippen molar-refractivity contribution in [2.24, 2.45) is 0 Å². The summed E-state index contributed by atoms with van der Waals surface area (Å²) in [6.07, 6.45) is 1.60. The van der Waals surface area contributed by atoms with Crippen LogP contribution >= 0.6 is 0 Å². The summed E-state index contributed by atoms with van der Waals surface area (Å²) in [5, 5.41) is 0.724. The molecule has 0 atom stereocenters. The summed E-state index contributed by atoms with van der Waals surface area (Å²) in [6, 6.07) is 13.8. The van der Waals surface area contributed by atoms with Gasteiger partial charge >= 0.3 is 0 Å². The second kappa shape index (κ2) is 9.37. The summed E-state index contributed by atoms with van der Waals surface area (Å²) in [5.74, 6) is 5.11. The minimum atomic E-state index is -4.30. The third-order valence-electron chi connectivity index (χ3n) is 4.93. The first-order valence-corrected chi connectivity index (χ1v) is 11.4. The topological polar surface area (TPSA) is 77.5 Å². The van der Waals surface area contributed by atoms with Gasteiger partial charge in [-0.2, -0.15) is 0 Å². The predicted molar refractivity (Wildman–Crippen MR) is 124 cm³/mol. The van der Waals surface area contributed by atoms with Crippen LogP contribution in [0.5, 0.6) is 11.5 Å². The number of halogens is 2. The SMILES string of the molecule is COc1cc2nccc(C#Cc3ccc(NS(=O)(=O)c4ccccc4F)c(F)c3)c2cc1OC. The predicted octanol–water partition coefficient (Wildman–Crippen LogP) is 4.73. The second-order valence-corrected chi connectivity index (χ2v) is 8.71. The summed E-state index contributed by atoms with van der Waals surface area (Å²) in [7, 11) is -1.25. The lowest BCUT2D eigenvalue weighted by molar-refractivity contribution is 0.356. The molecule has 4 rings (SSSR count). The standard InChI is InChI=1S/C25H18F2N2O4S/c1-32-23-14-18-17(11-12-28-22(18)15-24(23)33-2)9-7-16-8-10-21(20(27)13-16)29-34(30,31)25-6-4-3-5-19(25)26/h3-6,8,10-15,29H,1-2H3. The lowest BCUT2D eigenvalue weighted by atomic mass is 10.1. The van der Waals surface area contributed by atoms with Crippen LogP contribution in [0.3, 0.4) is 0 Å². The van der Waals surface area contributed by atoms with Gasteiger partial charge in [-0.25, -0.2) is 17.2 Å². The zero-order valence-corrected chi connectivity index (χ0v) is 18.9. The van der Waals surface area contributed by atoms with Crippen LogP contribution in [-0.4, -0.2) is 27.6 Å². The van der Waals surface area contributed by atoms with E-state index in [1.165, 1.54) is 38.5 Å². The number of nitrogens with zero attached hydrogens (tertiary/aromatic N) is 1. The van der Waals surface area contributed by atoms with E-state index in [1.54, 1.807) is 24.4 Å². The molecule has 0 radical (unpaired) electrons. The Balaban J connectivity index is 1.64. The van der Waals surface area contributed by atoms with Gasteiger partial charge in [0.25, 0.3) is 10.0 Å². The first-order valence-electron chi connectivity index (χ1n) is 9.92. The monoisotopic (exact) mass is 480 g/mol. The number of pyridine rings is 1. The Labute approximate surface area is 195 Å². The molecule has 3 aromatic carbocycles. The van der Waals surface area contributed by atoms with E-state index in [9.17, 15) is 17.2 Å². The minimum Gasteiger partial charge on any atom is -0.493 e. The molecule has 0 unspecified atom stereocenters. The van der Waals surface area contributed by atoms with E-state index < -0.39 is 26.6 Å². The molecule has 0 amide bonds. The van der Waals surface area contributed by atoms with Crippen LogP contribution in [-0.2, 0) is 10.0 Å². The van der Waals surface area contributed by atoms with E-state index in [0.29, 0.717) is 28.1 Å². The fraction of sp³-hybridized carbons (Fsp3) is 0.0800. The number of anilines is 1. The molecule has 0 bridgehead atoms. The third kappa shape index (κ3) is 4.63. The van der Waals surface area contributed by atoms with Crippen LogP contribution in [0.2, 0.25) is 0 Å². The molecule has 0 saturated heterocycles. The van der Waals surface area contributed by atoms with Crippen molar-refractivity contribution in [2.45, 2.75) is 4.90 Å². The van der Waals surface area contributed by atoms with Gasteiger partial charge in [0.05, 0.1) is 25.4 Å². The minimum absolute atomic E-state index is 0.316. The summed E-state index contributed by atoms with van der Waals surface area (Å²) in [5.41, 5.74) is 1.28. The largest absolute Gasteiger partial charge is 0.493 e. The zero-order chi connectivity index (χ0) is 24.3. The number of fused-ring (bicyclic) bond motifs is 1. The Kier molecular flexibility index (Phi) is 6.34. The van der Waals surface area contributed by atoms with E-state index >= 15 is 0 Å². The lowest BCUT2D eigenvalue weighted by Gasteiger charge is -2.10. The number of hydrogen-bond acceptors (Lipinski definition) is 5. The fourth-order valence-electron chi connectivity index (χ4n) is 3.26. The van der Waals surface area contributed by atoms with Crippen LogP contribution in [0.1, 0.15) is 11.1 Å². The van der Waals surface area contributed by atoms with Gasteiger partial charge in [0.15, 0.2) is 11.5 Å². The molecule has 34 heavy (non-hydrogen) atoms. The maximum absolute atomic E-state index is 14.6. The molecule has 172 valence electrons. The van der Waals surface area contributed by atoms with Crippen LogP contribution in [0.15, 0.2) is 71.8 Å². The zero-order valence-electron chi connectivity index (χ0n) is 18.1. The summed E-state index contributed by atoms with van der Waals surface area (Å²) in [6.45, 7) is 0. The summed E-state index contributed by atoms with van der Waals surface area (Å²) < 4.78 is 66.0. The molecule has 1 aromatic heterocycles. The Morgan fingerprint density at radius 1 is 0.882 bits per heavy atom. The summed E-state index contributed by atoms with van der Waals surface area (Å²) in [4.78, 5) is 3.74. The van der Waals surface area contributed by atoms with Crippen molar-refractivity contribution in [3.05, 3.63) is 89.6 Å². The molecular formula is C25H18F2N2O4S. The molecule has 0 saturated carbocycles. The second-order valence-electron chi connectivity index (χ2n) is 7.06. The van der Waals surface area contributed by atoms with E-state index in [2.05, 4.69) is 21.5 Å². The number of nitrogens with one attached hydrogen (secondary N) is 1. The smallest absolute Gasteiger partial charge is 0.264 e. The average molecular weight is 480 g/mol. The number of benzene rings is 3. The van der Waals surface area contributed by atoms with Gasteiger partial charge in [0, 0.05) is 28.8 Å². The van der Waals surface area contributed by atoms with Crippen LogP contribution < -0.4 is 14.2 Å². The molecule has 0 fully saturated rings. The highest BCUT2D eigenvalue weighted by atomic mass is 32.2. The molecular weight excluding hydrogens is 462 g/mol. The number of ether oxygens (including phenoxy) is 2. The van der Waals surface area contributed by atoms with Crippen molar-refractivity contribution < 1.29 is 26.7 Å². The number of hydrogen-bond donors (Lipinski definition) is 1. The molecule has 6 nitrogen and oxygen atoms in total. The first kappa shape index (κ1) is 23.0. The Morgan fingerprint density at radius 3 is 2.32 bits per heavy atom. The molecule has 9 heteroatoms.